The normalized spacial score (nSPS) is 20.2. The average Bonchev–Trinajstić information content (AvgIpc) is 3.71. The van der Waals surface area contributed by atoms with Gasteiger partial charge in [0.05, 0.1) is 18.8 Å². The van der Waals surface area contributed by atoms with Crippen LogP contribution >= 0.6 is 27.3 Å². The summed E-state index contributed by atoms with van der Waals surface area (Å²) in [7, 11) is -2.16. The fraction of sp³-hybridized carbons (Fsp3) is 0.576. The molecule has 2 aliphatic rings. The first-order chi connectivity index (χ1) is 21.1. The summed E-state index contributed by atoms with van der Waals surface area (Å²) >= 11 is 4.49. The zero-order chi connectivity index (χ0) is 33.1. The predicted octanol–water partition coefficient (Wildman–Crippen LogP) is 6.57. The molecule has 0 radical (unpaired) electrons. The minimum absolute atomic E-state index is 0.00459. The molecular weight excluding hydrogens is 672 g/mol. The van der Waals surface area contributed by atoms with E-state index in [1.807, 2.05) is 26.3 Å². The van der Waals surface area contributed by atoms with E-state index in [2.05, 4.69) is 96.8 Å². The first-order valence-electron chi connectivity index (χ1n) is 15.7. The number of likely N-dealkylation sites (tertiary alicyclic amines) is 1. The number of hydrogen-bond donors (Lipinski definition) is 3. The lowest BCUT2D eigenvalue weighted by Crippen LogP contribution is -2.48. The van der Waals surface area contributed by atoms with Gasteiger partial charge in [0.25, 0.3) is 5.88 Å². The molecule has 9 nitrogen and oxygen atoms in total. The molecule has 45 heavy (non-hydrogen) atoms. The summed E-state index contributed by atoms with van der Waals surface area (Å²) < 4.78 is 18.0. The van der Waals surface area contributed by atoms with Crippen LogP contribution in [0.5, 0.6) is 5.88 Å². The van der Waals surface area contributed by atoms with Crippen LogP contribution in [0.2, 0.25) is 18.1 Å². The van der Waals surface area contributed by atoms with Crippen LogP contribution in [0.15, 0.2) is 40.6 Å². The Kier molecular flexibility index (Phi) is 11.5. The molecular formula is C33H49BrN4O5SSi. The summed E-state index contributed by atoms with van der Waals surface area (Å²) in [6, 6.07) is 9.08. The van der Waals surface area contributed by atoms with Crippen LogP contribution in [-0.4, -0.2) is 66.3 Å². The highest BCUT2D eigenvalue weighted by molar-refractivity contribution is 9.09. The molecule has 2 aromatic rings. The van der Waals surface area contributed by atoms with E-state index in [0.717, 1.165) is 28.2 Å². The molecule has 0 aliphatic carbocycles. The molecule has 12 heteroatoms. The largest absolute Gasteiger partial charge is 0.475 e. The van der Waals surface area contributed by atoms with E-state index in [1.165, 1.54) is 4.91 Å². The number of halogens is 1. The molecule has 1 saturated heterocycles. The van der Waals surface area contributed by atoms with Gasteiger partial charge < -0.3 is 29.2 Å². The van der Waals surface area contributed by atoms with Gasteiger partial charge in [-0.3, -0.25) is 9.59 Å². The quantitative estimate of drug-likeness (QED) is 0.0986. The van der Waals surface area contributed by atoms with E-state index in [4.69, 9.17) is 13.7 Å². The van der Waals surface area contributed by atoms with Crippen LogP contribution in [-0.2, 0) is 14.0 Å². The maximum atomic E-state index is 14.3. The Hall–Kier alpha value is -2.41. The number of amides is 2. The number of alkyl halides is 1. The van der Waals surface area contributed by atoms with Crippen molar-refractivity contribution in [1.29, 1.82) is 0 Å². The van der Waals surface area contributed by atoms with E-state index in [0.29, 0.717) is 36.5 Å². The SMILES string of the molecule is CC1=C(c2ccc([C@H](C)NC(=O)[C@@H]3CC(O[Si](C)(C)C(C)(C)C)CN3C(=O)C(c3cc(OCCBr)no3)C(C)C)cc2)[SH]=CN1. The number of nitrogens with one attached hydrogen (secondary N) is 2. The zero-order valence-corrected chi connectivity index (χ0v) is 31.4. The van der Waals surface area contributed by atoms with Crippen LogP contribution in [0, 0.1) is 5.92 Å². The molecule has 2 N–H and O–H groups in total. The van der Waals surface area contributed by atoms with Crippen molar-refractivity contribution >= 4 is 57.8 Å². The highest BCUT2D eigenvalue weighted by Crippen LogP contribution is 2.40. The van der Waals surface area contributed by atoms with Crippen molar-refractivity contribution in [2.75, 3.05) is 18.5 Å². The van der Waals surface area contributed by atoms with Gasteiger partial charge in [-0.25, -0.2) is 0 Å². The Morgan fingerprint density at radius 2 is 1.91 bits per heavy atom. The number of rotatable bonds is 12. The van der Waals surface area contributed by atoms with Crippen LogP contribution in [0.4, 0.5) is 0 Å². The molecule has 3 heterocycles. The third kappa shape index (κ3) is 8.30. The molecule has 4 atom stereocenters. The number of thiol groups is 1. The van der Waals surface area contributed by atoms with E-state index >= 15 is 0 Å². The maximum Gasteiger partial charge on any atom is 0.254 e. The van der Waals surface area contributed by atoms with Gasteiger partial charge in [-0.1, -0.05) is 74.8 Å². The van der Waals surface area contributed by atoms with Gasteiger partial charge in [-0.2, -0.15) is 11.4 Å². The van der Waals surface area contributed by atoms with Crippen molar-refractivity contribution in [1.82, 2.24) is 20.7 Å². The first kappa shape index (κ1) is 35.4. The predicted molar refractivity (Wildman–Crippen MR) is 189 cm³/mol. The summed E-state index contributed by atoms with van der Waals surface area (Å²) in [4.78, 5) is 31.3. The molecule has 0 spiro atoms. The fourth-order valence-corrected chi connectivity index (χ4v) is 7.95. The van der Waals surface area contributed by atoms with Gasteiger partial charge in [0.1, 0.15) is 12.0 Å². The number of ether oxygens (including phenoxy) is 1. The van der Waals surface area contributed by atoms with Gasteiger partial charge in [0.15, 0.2) is 14.1 Å². The molecule has 2 aliphatic heterocycles. The minimum Gasteiger partial charge on any atom is -0.475 e. The monoisotopic (exact) mass is 720 g/mol. The highest BCUT2D eigenvalue weighted by atomic mass is 79.9. The Balaban J connectivity index is 1.56. The second-order valence-electron chi connectivity index (χ2n) is 13.8. The number of carbonyl (C=O) groups excluding carboxylic acids is 2. The summed E-state index contributed by atoms with van der Waals surface area (Å²) in [5.74, 6) is -0.302. The van der Waals surface area contributed by atoms with Crippen molar-refractivity contribution < 1.29 is 23.3 Å². The average molecular weight is 722 g/mol. The van der Waals surface area contributed by atoms with E-state index in [-0.39, 0.29) is 34.9 Å². The van der Waals surface area contributed by atoms with Crippen LogP contribution in [0.1, 0.15) is 83.7 Å². The maximum absolute atomic E-state index is 14.3. The smallest absolute Gasteiger partial charge is 0.254 e. The topological polar surface area (TPSA) is 106 Å². The molecule has 2 amide bonds. The number of allylic oxidation sites excluding steroid dienone is 1. The van der Waals surface area contributed by atoms with Crippen LogP contribution in [0.25, 0.3) is 4.91 Å². The van der Waals surface area contributed by atoms with Crippen molar-refractivity contribution in [2.45, 2.75) is 97.1 Å². The summed E-state index contributed by atoms with van der Waals surface area (Å²) in [5.41, 5.74) is 5.34. The van der Waals surface area contributed by atoms with Gasteiger partial charge in [0, 0.05) is 40.5 Å². The van der Waals surface area contributed by atoms with Gasteiger partial charge in [0.2, 0.25) is 11.8 Å². The Bertz CT molecular complexity index is 1420. The number of benzene rings is 1. The summed E-state index contributed by atoms with van der Waals surface area (Å²) in [6.07, 6.45) is 0.195. The van der Waals surface area contributed by atoms with Crippen LogP contribution in [0.3, 0.4) is 0 Å². The Morgan fingerprint density at radius 3 is 2.49 bits per heavy atom. The number of aromatic nitrogens is 1. The Morgan fingerprint density at radius 1 is 1.22 bits per heavy atom. The minimum atomic E-state index is -2.16. The lowest BCUT2D eigenvalue weighted by Gasteiger charge is -2.38. The number of hydrogen-bond acceptors (Lipinski definition) is 7. The van der Waals surface area contributed by atoms with Crippen molar-refractivity contribution in [3.8, 4) is 5.88 Å². The molecule has 4 rings (SSSR count). The molecule has 2 unspecified atom stereocenters. The second kappa shape index (κ2) is 14.6. The van der Waals surface area contributed by atoms with Gasteiger partial charge >= 0.3 is 0 Å². The lowest BCUT2D eigenvalue weighted by molar-refractivity contribution is -0.141. The molecule has 248 valence electrons. The van der Waals surface area contributed by atoms with E-state index in [9.17, 15) is 9.59 Å². The fourth-order valence-electron chi connectivity index (χ4n) is 5.48. The van der Waals surface area contributed by atoms with Gasteiger partial charge in [-0.05, 0) is 54.2 Å². The van der Waals surface area contributed by atoms with Crippen molar-refractivity contribution in [2.24, 2.45) is 5.92 Å². The first-order valence-corrected chi connectivity index (χ1v) is 20.7. The third-order valence-electron chi connectivity index (χ3n) is 9.06. The zero-order valence-electron chi connectivity index (χ0n) is 27.9. The second-order valence-corrected chi connectivity index (χ2v) is 20.3. The molecule has 1 aromatic heterocycles. The summed E-state index contributed by atoms with van der Waals surface area (Å²) in [5, 5.41) is 11.1. The standard InChI is InChI=1S/C33H49BrN4O5SSi/c1-20(2)29(27-17-28(37-42-27)41-15-14-34)32(40)38-18-25(43-45(8,9)33(5,6)7)16-26(38)31(39)36-21(3)23-10-12-24(13-11-23)30-22(4)35-19-44-30/h10-13,17,19-21,25-26,29,35,44H,14-16,18H2,1-9H3,(H,36,39)/t21-,25?,26-,29?/m0/s1. The number of nitrogens with zero attached hydrogens (tertiary/aromatic N) is 2. The van der Waals surface area contributed by atoms with Crippen molar-refractivity contribution in [3.63, 3.8) is 0 Å². The molecule has 0 saturated carbocycles. The van der Waals surface area contributed by atoms with Crippen LogP contribution < -0.4 is 15.4 Å². The number of carbonyl (C=O) groups is 2. The van der Waals surface area contributed by atoms with Gasteiger partial charge in [-0.15, -0.1) is 0 Å². The molecule has 1 fully saturated rings. The highest BCUT2D eigenvalue weighted by Gasteiger charge is 2.47. The van der Waals surface area contributed by atoms with E-state index in [1.54, 1.807) is 11.0 Å². The third-order valence-corrected chi connectivity index (χ3v) is 15.0. The Labute approximate surface area is 281 Å². The molecule has 0 bridgehead atoms. The summed E-state index contributed by atoms with van der Waals surface area (Å²) in [6.45, 7) is 19.8. The lowest BCUT2D eigenvalue weighted by atomic mass is 9.91. The molecule has 1 aromatic carbocycles. The van der Waals surface area contributed by atoms with E-state index < -0.39 is 20.3 Å². The van der Waals surface area contributed by atoms with Crippen molar-refractivity contribution in [3.05, 3.63) is 52.9 Å².